The molecule has 0 saturated carbocycles. The van der Waals surface area contributed by atoms with Crippen LogP contribution >= 0.6 is 0 Å². The molecule has 2 N–H and O–H groups in total. The number of ether oxygens (including phenoxy) is 3. The van der Waals surface area contributed by atoms with Crippen molar-refractivity contribution < 1.29 is 38.5 Å². The lowest BCUT2D eigenvalue weighted by atomic mass is 9.82. The molecule has 0 unspecified atom stereocenters. The van der Waals surface area contributed by atoms with Crippen LogP contribution in [0.4, 0.5) is 0 Å². The summed E-state index contributed by atoms with van der Waals surface area (Å²) in [5, 5.41) is 12.5. The molecule has 1 fully saturated rings. The van der Waals surface area contributed by atoms with Crippen LogP contribution in [0.3, 0.4) is 0 Å². The molecule has 2 aliphatic rings. The molecule has 2 amide bonds. The lowest BCUT2D eigenvalue weighted by Gasteiger charge is -2.44. The van der Waals surface area contributed by atoms with Gasteiger partial charge in [-0.15, -0.1) is 0 Å². The second kappa shape index (κ2) is 10.6. The van der Waals surface area contributed by atoms with Gasteiger partial charge in [0.15, 0.2) is 0 Å². The third kappa shape index (κ3) is 5.71. The topological polar surface area (TPSA) is 131 Å². The molecule has 1 aromatic rings. The molecular weight excluding hydrogens is 456 g/mol. The molecule has 0 radical (unpaired) electrons. The molecule has 0 bridgehead atoms. The Kier molecular flexibility index (Phi) is 7.97. The van der Waals surface area contributed by atoms with E-state index >= 15 is 0 Å². The molecule has 3 rings (SSSR count). The summed E-state index contributed by atoms with van der Waals surface area (Å²) in [6, 6.07) is 6.87. The largest absolute Gasteiger partial charge is 0.427 e. The van der Waals surface area contributed by atoms with Gasteiger partial charge in [0.25, 0.3) is 0 Å². The van der Waals surface area contributed by atoms with Crippen molar-refractivity contribution in [3.63, 3.8) is 0 Å². The number of esters is 2. The molecule has 190 valence electrons. The monoisotopic (exact) mass is 488 g/mol. The van der Waals surface area contributed by atoms with Crippen molar-refractivity contribution in [2.24, 2.45) is 11.3 Å². The van der Waals surface area contributed by atoms with Gasteiger partial charge in [0.1, 0.15) is 12.3 Å². The lowest BCUT2D eigenvalue weighted by Crippen LogP contribution is -2.61. The Morgan fingerprint density at radius 3 is 2.57 bits per heavy atom. The van der Waals surface area contributed by atoms with Gasteiger partial charge >= 0.3 is 11.9 Å². The number of nitrogens with zero attached hydrogens (tertiary/aromatic N) is 1. The molecule has 10 heteroatoms. The molecule has 1 aromatic carbocycles. The molecule has 1 saturated heterocycles. The van der Waals surface area contributed by atoms with Crippen LogP contribution in [0.2, 0.25) is 0 Å². The summed E-state index contributed by atoms with van der Waals surface area (Å²) < 4.78 is 15.7. The lowest BCUT2D eigenvalue weighted by molar-refractivity contribution is -0.175. The summed E-state index contributed by atoms with van der Waals surface area (Å²) in [7, 11) is 1.52. The van der Waals surface area contributed by atoms with Gasteiger partial charge in [-0.05, 0) is 56.9 Å². The quantitative estimate of drug-likeness (QED) is 0.303. The zero-order chi connectivity index (χ0) is 25.9. The zero-order valence-corrected chi connectivity index (χ0v) is 20.6. The maximum atomic E-state index is 13.0. The fraction of sp³-hybridized carbons (Fsp3) is 0.520. The molecule has 0 aliphatic carbocycles. The summed E-state index contributed by atoms with van der Waals surface area (Å²) in [6.07, 6.45) is -0.506. The van der Waals surface area contributed by atoms with Gasteiger partial charge in [-0.25, -0.2) is 4.79 Å². The van der Waals surface area contributed by atoms with Crippen LogP contribution < -0.4 is 5.32 Å². The average molecular weight is 489 g/mol. The molecule has 10 nitrogen and oxygen atoms in total. The third-order valence-corrected chi connectivity index (χ3v) is 5.97. The molecule has 0 spiro atoms. The van der Waals surface area contributed by atoms with Crippen molar-refractivity contribution in [2.45, 2.75) is 52.9 Å². The summed E-state index contributed by atoms with van der Waals surface area (Å²) in [5.74, 6) is -2.54. The van der Waals surface area contributed by atoms with E-state index in [-0.39, 0.29) is 36.8 Å². The number of rotatable bonds is 9. The van der Waals surface area contributed by atoms with Gasteiger partial charge in [0, 0.05) is 7.05 Å². The Morgan fingerprint density at radius 2 is 1.94 bits per heavy atom. The first-order chi connectivity index (χ1) is 16.5. The van der Waals surface area contributed by atoms with Gasteiger partial charge in [0.05, 0.1) is 30.1 Å². The molecule has 3 atom stereocenters. The van der Waals surface area contributed by atoms with E-state index in [1.54, 1.807) is 39.8 Å². The minimum atomic E-state index is -0.863. The van der Waals surface area contributed by atoms with Crippen LogP contribution in [0, 0.1) is 11.3 Å². The van der Waals surface area contributed by atoms with Crippen molar-refractivity contribution in [1.82, 2.24) is 10.2 Å². The van der Waals surface area contributed by atoms with E-state index in [0.717, 1.165) is 5.56 Å². The molecular formula is C25H32N2O8. The first kappa shape index (κ1) is 26.4. The highest BCUT2D eigenvalue weighted by molar-refractivity contribution is 6.06. The SMILES string of the molecule is CNC(=O)COCc1cccc(C2=C(C(=O)OCOC(=O)C(C)(C)C)N3C(=O)[C@H]([C@@H](C)O)[C@H]3C2)c1. The van der Waals surface area contributed by atoms with Gasteiger partial charge in [-0.2, -0.15) is 0 Å². The summed E-state index contributed by atoms with van der Waals surface area (Å²) in [6.45, 7) is 6.10. The van der Waals surface area contributed by atoms with Crippen molar-refractivity contribution in [3.05, 3.63) is 41.1 Å². The molecule has 0 aromatic heterocycles. The van der Waals surface area contributed by atoms with E-state index in [9.17, 15) is 24.3 Å². The first-order valence-electron chi connectivity index (χ1n) is 11.4. The highest BCUT2D eigenvalue weighted by Gasteiger charge is 2.57. The molecule has 2 heterocycles. The van der Waals surface area contributed by atoms with Gasteiger partial charge in [-0.3, -0.25) is 14.4 Å². The summed E-state index contributed by atoms with van der Waals surface area (Å²) in [5.41, 5.74) is 1.38. The number of hydrogen-bond donors (Lipinski definition) is 2. The highest BCUT2D eigenvalue weighted by atomic mass is 16.7. The number of hydrogen-bond acceptors (Lipinski definition) is 8. The number of likely N-dealkylation sites (N-methyl/N-ethyl adjacent to an activating group) is 1. The Morgan fingerprint density at radius 1 is 1.23 bits per heavy atom. The van der Waals surface area contributed by atoms with Crippen LogP contribution in [0.1, 0.15) is 45.2 Å². The van der Waals surface area contributed by atoms with Crippen molar-refractivity contribution >= 4 is 29.3 Å². The Balaban J connectivity index is 1.83. The van der Waals surface area contributed by atoms with Crippen molar-refractivity contribution in [2.75, 3.05) is 20.4 Å². The maximum absolute atomic E-state index is 13.0. The highest BCUT2D eigenvalue weighted by Crippen LogP contribution is 2.47. The van der Waals surface area contributed by atoms with Gasteiger partial charge < -0.3 is 29.5 Å². The van der Waals surface area contributed by atoms with E-state index in [1.807, 2.05) is 12.1 Å². The normalized spacial score (nSPS) is 20.2. The Hall–Kier alpha value is -3.24. The number of benzene rings is 1. The number of β-lactam (4-membered cyclic amide) rings is 1. The Labute approximate surface area is 204 Å². The van der Waals surface area contributed by atoms with E-state index in [0.29, 0.717) is 17.6 Å². The van der Waals surface area contributed by atoms with E-state index < -0.39 is 36.2 Å². The third-order valence-electron chi connectivity index (χ3n) is 5.97. The predicted molar refractivity (Wildman–Crippen MR) is 124 cm³/mol. The summed E-state index contributed by atoms with van der Waals surface area (Å²) >= 11 is 0. The predicted octanol–water partition coefficient (Wildman–Crippen LogP) is 1.36. The van der Waals surface area contributed by atoms with Crippen LogP contribution in [-0.2, 0) is 40.0 Å². The molecule has 35 heavy (non-hydrogen) atoms. The van der Waals surface area contributed by atoms with Crippen LogP contribution in [-0.4, -0.2) is 66.4 Å². The average Bonchev–Trinajstić information content (AvgIpc) is 3.13. The second-order valence-corrected chi connectivity index (χ2v) is 9.67. The zero-order valence-electron chi connectivity index (χ0n) is 20.6. The second-order valence-electron chi connectivity index (χ2n) is 9.67. The number of carbonyl (C=O) groups is 4. The van der Waals surface area contributed by atoms with Gasteiger partial charge in [0.2, 0.25) is 18.6 Å². The number of carbonyl (C=O) groups excluding carboxylic acids is 4. The maximum Gasteiger partial charge on any atom is 0.358 e. The number of fused-ring (bicyclic) bond motifs is 1. The van der Waals surface area contributed by atoms with Crippen molar-refractivity contribution in [3.8, 4) is 0 Å². The molecule has 2 aliphatic heterocycles. The number of amides is 2. The van der Waals surface area contributed by atoms with Crippen molar-refractivity contribution in [1.29, 1.82) is 0 Å². The van der Waals surface area contributed by atoms with Crippen LogP contribution in [0.25, 0.3) is 5.57 Å². The van der Waals surface area contributed by atoms with E-state index in [1.165, 1.54) is 11.9 Å². The standard InChI is InChI=1S/C25H32N2O8/c1-14(28)20-18-10-17(16-8-6-7-15(9-16)11-33-12-19(29)26-5)21(27(18)22(20)30)23(31)34-13-35-24(32)25(2,3)4/h6-9,14,18,20,28H,10-13H2,1-5H3,(H,26,29)/t14-,18-,20-/m1/s1. The number of nitrogens with one attached hydrogen (secondary N) is 1. The smallest absolute Gasteiger partial charge is 0.358 e. The first-order valence-corrected chi connectivity index (χ1v) is 11.4. The van der Waals surface area contributed by atoms with E-state index in [2.05, 4.69) is 5.32 Å². The summed E-state index contributed by atoms with van der Waals surface area (Å²) in [4.78, 5) is 50.5. The van der Waals surface area contributed by atoms with Gasteiger partial charge in [-0.1, -0.05) is 18.2 Å². The van der Waals surface area contributed by atoms with Crippen LogP contribution in [0.5, 0.6) is 0 Å². The number of aliphatic hydroxyl groups excluding tert-OH is 1. The fourth-order valence-corrected chi connectivity index (χ4v) is 4.12. The van der Waals surface area contributed by atoms with E-state index in [4.69, 9.17) is 14.2 Å². The Bertz CT molecular complexity index is 1040. The fourth-order valence-electron chi connectivity index (χ4n) is 4.12. The minimum absolute atomic E-state index is 0.0761. The minimum Gasteiger partial charge on any atom is -0.427 e. The number of aliphatic hydroxyl groups is 1. The van der Waals surface area contributed by atoms with Crippen LogP contribution in [0.15, 0.2) is 30.0 Å².